The molecule has 5 heteroatoms. The molecule has 0 fully saturated rings. The Morgan fingerprint density at radius 2 is 1.68 bits per heavy atom. The quantitative estimate of drug-likeness (QED) is 0.594. The third-order valence-corrected chi connectivity index (χ3v) is 4.57. The molecule has 1 amide bonds. The van der Waals surface area contributed by atoms with Crippen molar-refractivity contribution < 1.29 is 4.79 Å². The summed E-state index contributed by atoms with van der Waals surface area (Å²) in [5.41, 5.74) is 4.53. The Morgan fingerprint density at radius 1 is 0.964 bits per heavy atom. The van der Waals surface area contributed by atoms with E-state index in [2.05, 4.69) is 46.5 Å². The Labute approximate surface area is 166 Å². The second kappa shape index (κ2) is 9.04. The fourth-order valence-corrected chi connectivity index (χ4v) is 3.02. The van der Waals surface area contributed by atoms with Crippen LogP contribution in [0, 0.1) is 6.92 Å². The monoisotopic (exact) mass is 374 g/mol. The second-order valence-electron chi connectivity index (χ2n) is 6.60. The topological polar surface area (TPSA) is 57.3 Å². The Kier molecular flexibility index (Phi) is 6.27. The lowest BCUT2D eigenvalue weighted by Crippen LogP contribution is -2.21. The predicted octanol–water partition coefficient (Wildman–Crippen LogP) is 5.23. The number of aromatic nitrogens is 1. The molecular formula is C23H26N4O. The van der Waals surface area contributed by atoms with Gasteiger partial charge in [-0.2, -0.15) is 0 Å². The normalized spacial score (nSPS) is 10.4. The van der Waals surface area contributed by atoms with E-state index in [0.717, 1.165) is 30.2 Å². The molecule has 0 aliphatic carbocycles. The maximum atomic E-state index is 12.3. The molecule has 3 aromatic rings. The van der Waals surface area contributed by atoms with Gasteiger partial charge in [0.25, 0.3) is 5.91 Å². The number of pyridine rings is 1. The van der Waals surface area contributed by atoms with Crippen LogP contribution in [-0.4, -0.2) is 24.0 Å². The minimum atomic E-state index is -0.141. The van der Waals surface area contributed by atoms with Gasteiger partial charge in [0.05, 0.1) is 11.9 Å². The molecule has 0 atom stereocenters. The maximum Gasteiger partial charge on any atom is 0.255 e. The molecule has 0 aliphatic rings. The fraction of sp³-hybridized carbons (Fsp3) is 0.217. The molecule has 0 radical (unpaired) electrons. The molecule has 2 N–H and O–H groups in total. The first-order valence-electron chi connectivity index (χ1n) is 9.55. The summed E-state index contributed by atoms with van der Waals surface area (Å²) in [6, 6.07) is 19.5. The summed E-state index contributed by atoms with van der Waals surface area (Å²) in [5.74, 6) is 0.586. The van der Waals surface area contributed by atoms with Crippen molar-refractivity contribution in [2.75, 3.05) is 28.6 Å². The van der Waals surface area contributed by atoms with Crippen molar-refractivity contribution in [1.82, 2.24) is 4.98 Å². The van der Waals surface area contributed by atoms with E-state index in [4.69, 9.17) is 0 Å². The number of benzene rings is 2. The van der Waals surface area contributed by atoms with E-state index in [1.54, 1.807) is 12.3 Å². The van der Waals surface area contributed by atoms with Crippen molar-refractivity contribution in [3.8, 4) is 0 Å². The highest BCUT2D eigenvalue weighted by Gasteiger charge is 2.07. The van der Waals surface area contributed by atoms with Gasteiger partial charge in [-0.05, 0) is 69.3 Å². The van der Waals surface area contributed by atoms with Gasteiger partial charge in [-0.3, -0.25) is 4.79 Å². The molecule has 0 bridgehead atoms. The first-order valence-corrected chi connectivity index (χ1v) is 9.55. The third kappa shape index (κ3) is 4.88. The summed E-state index contributed by atoms with van der Waals surface area (Å²) in [5, 5.41) is 6.16. The summed E-state index contributed by atoms with van der Waals surface area (Å²) < 4.78 is 0. The smallest absolute Gasteiger partial charge is 0.255 e. The van der Waals surface area contributed by atoms with Crippen LogP contribution in [0.15, 0.2) is 66.9 Å². The number of hydrogen-bond acceptors (Lipinski definition) is 4. The SMILES string of the molecule is CCN(CC)c1ccc(Nc2ccc(NC(=O)c3cccc(C)c3)cn2)cc1. The standard InChI is InChI=1S/C23H26N4O/c1-4-27(5-2)21-12-9-19(10-13-21)25-22-14-11-20(16-24-22)26-23(28)18-8-6-7-17(3)15-18/h6-16H,4-5H2,1-3H3,(H,24,25)(H,26,28). The molecule has 2 aromatic carbocycles. The largest absolute Gasteiger partial charge is 0.372 e. The average Bonchev–Trinajstić information content (AvgIpc) is 2.71. The van der Waals surface area contributed by atoms with Crippen LogP contribution >= 0.6 is 0 Å². The van der Waals surface area contributed by atoms with E-state index < -0.39 is 0 Å². The molecule has 5 nitrogen and oxygen atoms in total. The number of amides is 1. The zero-order chi connectivity index (χ0) is 19.9. The predicted molar refractivity (Wildman–Crippen MR) is 117 cm³/mol. The number of nitrogens with zero attached hydrogens (tertiary/aromatic N) is 2. The van der Waals surface area contributed by atoms with Crippen molar-refractivity contribution >= 4 is 28.8 Å². The van der Waals surface area contributed by atoms with E-state index in [1.807, 2.05) is 49.4 Å². The molecule has 0 saturated heterocycles. The van der Waals surface area contributed by atoms with Crippen molar-refractivity contribution in [3.63, 3.8) is 0 Å². The van der Waals surface area contributed by atoms with E-state index in [0.29, 0.717) is 11.3 Å². The Balaban J connectivity index is 1.62. The van der Waals surface area contributed by atoms with E-state index >= 15 is 0 Å². The highest BCUT2D eigenvalue weighted by atomic mass is 16.1. The number of nitrogens with one attached hydrogen (secondary N) is 2. The Hall–Kier alpha value is -3.34. The van der Waals surface area contributed by atoms with E-state index in [1.165, 1.54) is 5.69 Å². The highest BCUT2D eigenvalue weighted by molar-refractivity contribution is 6.04. The molecule has 0 unspecified atom stereocenters. The lowest BCUT2D eigenvalue weighted by molar-refractivity contribution is 0.102. The zero-order valence-electron chi connectivity index (χ0n) is 16.6. The van der Waals surface area contributed by atoms with Crippen LogP contribution < -0.4 is 15.5 Å². The molecule has 3 rings (SSSR count). The number of rotatable bonds is 7. The van der Waals surface area contributed by atoms with Crippen LogP contribution in [0.5, 0.6) is 0 Å². The molecule has 28 heavy (non-hydrogen) atoms. The van der Waals surface area contributed by atoms with Gasteiger partial charge >= 0.3 is 0 Å². The Morgan fingerprint density at radius 3 is 2.29 bits per heavy atom. The minimum absolute atomic E-state index is 0.141. The van der Waals surface area contributed by atoms with Crippen LogP contribution in [0.25, 0.3) is 0 Å². The lowest BCUT2D eigenvalue weighted by Gasteiger charge is -2.21. The summed E-state index contributed by atoms with van der Waals surface area (Å²) in [6.45, 7) is 8.24. The first kappa shape index (κ1) is 19.4. The molecule has 1 aromatic heterocycles. The summed E-state index contributed by atoms with van der Waals surface area (Å²) >= 11 is 0. The van der Waals surface area contributed by atoms with Crippen LogP contribution in [0.2, 0.25) is 0 Å². The number of carbonyl (C=O) groups is 1. The van der Waals surface area contributed by atoms with Gasteiger partial charge in [-0.15, -0.1) is 0 Å². The highest BCUT2D eigenvalue weighted by Crippen LogP contribution is 2.21. The molecule has 1 heterocycles. The first-order chi connectivity index (χ1) is 13.6. The lowest BCUT2D eigenvalue weighted by atomic mass is 10.1. The fourth-order valence-electron chi connectivity index (χ4n) is 3.02. The van der Waals surface area contributed by atoms with Gasteiger partial charge in [-0.25, -0.2) is 4.98 Å². The van der Waals surface area contributed by atoms with Gasteiger partial charge in [-0.1, -0.05) is 17.7 Å². The molecule has 0 saturated carbocycles. The summed E-state index contributed by atoms with van der Waals surface area (Å²) in [6.07, 6.45) is 1.65. The second-order valence-corrected chi connectivity index (χ2v) is 6.60. The number of carbonyl (C=O) groups excluding carboxylic acids is 1. The number of aryl methyl sites for hydroxylation is 1. The van der Waals surface area contributed by atoms with Crippen LogP contribution in [0.4, 0.5) is 22.9 Å². The van der Waals surface area contributed by atoms with Gasteiger partial charge in [0, 0.05) is 30.0 Å². The summed E-state index contributed by atoms with van der Waals surface area (Å²) in [4.78, 5) is 19.0. The van der Waals surface area contributed by atoms with Gasteiger partial charge in [0.15, 0.2) is 0 Å². The number of hydrogen-bond donors (Lipinski definition) is 2. The van der Waals surface area contributed by atoms with Gasteiger partial charge in [0.1, 0.15) is 5.82 Å². The third-order valence-electron chi connectivity index (χ3n) is 4.57. The van der Waals surface area contributed by atoms with Crippen LogP contribution in [0.3, 0.4) is 0 Å². The molecule has 144 valence electrons. The minimum Gasteiger partial charge on any atom is -0.372 e. The van der Waals surface area contributed by atoms with Crippen LogP contribution in [0.1, 0.15) is 29.8 Å². The zero-order valence-corrected chi connectivity index (χ0v) is 16.6. The van der Waals surface area contributed by atoms with E-state index in [-0.39, 0.29) is 5.91 Å². The van der Waals surface area contributed by atoms with Crippen molar-refractivity contribution in [2.24, 2.45) is 0 Å². The van der Waals surface area contributed by atoms with E-state index in [9.17, 15) is 4.79 Å². The van der Waals surface area contributed by atoms with Gasteiger partial charge in [0.2, 0.25) is 0 Å². The summed E-state index contributed by atoms with van der Waals surface area (Å²) in [7, 11) is 0. The Bertz CT molecular complexity index is 916. The van der Waals surface area contributed by atoms with Crippen molar-refractivity contribution in [2.45, 2.75) is 20.8 Å². The van der Waals surface area contributed by atoms with Crippen molar-refractivity contribution in [1.29, 1.82) is 0 Å². The maximum absolute atomic E-state index is 12.3. The average molecular weight is 374 g/mol. The number of anilines is 4. The van der Waals surface area contributed by atoms with Crippen LogP contribution in [-0.2, 0) is 0 Å². The van der Waals surface area contributed by atoms with Crippen molar-refractivity contribution in [3.05, 3.63) is 78.0 Å². The molecule has 0 aliphatic heterocycles. The molecular weight excluding hydrogens is 348 g/mol. The molecule has 0 spiro atoms. The van der Waals surface area contributed by atoms with Gasteiger partial charge < -0.3 is 15.5 Å².